The number of rotatable bonds is 6. The van der Waals surface area contributed by atoms with Gasteiger partial charge in [-0.1, -0.05) is 48.4 Å². The first-order valence-electron chi connectivity index (χ1n) is 14.9. The van der Waals surface area contributed by atoms with Crippen LogP contribution in [0.2, 0.25) is 5.02 Å². The molecule has 8 heteroatoms. The van der Waals surface area contributed by atoms with Crippen molar-refractivity contribution in [3.05, 3.63) is 83.6 Å². The van der Waals surface area contributed by atoms with E-state index >= 15 is 0 Å². The van der Waals surface area contributed by atoms with Crippen LogP contribution in [-0.2, 0) is 16.1 Å². The van der Waals surface area contributed by atoms with E-state index < -0.39 is 0 Å². The number of halogens is 1. The molecular weight excluding hydrogens is 564 g/mol. The Bertz CT molecular complexity index is 1690. The molecule has 4 heterocycles. The normalized spacial score (nSPS) is 20.0. The quantitative estimate of drug-likeness (QED) is 0.205. The van der Waals surface area contributed by atoms with Crippen LogP contribution in [0.5, 0.6) is 0 Å². The largest absolute Gasteiger partial charge is 0.381 e. The van der Waals surface area contributed by atoms with Crippen molar-refractivity contribution in [2.45, 2.75) is 38.3 Å². The fraction of sp³-hybridized carbons (Fsp3) is 0.353. The van der Waals surface area contributed by atoms with Gasteiger partial charge in [-0.05, 0) is 61.0 Å². The van der Waals surface area contributed by atoms with E-state index in [4.69, 9.17) is 21.3 Å². The summed E-state index contributed by atoms with van der Waals surface area (Å²) in [6.45, 7) is 3.96. The maximum Gasteiger partial charge on any atom is 0.225 e. The minimum absolute atomic E-state index is 0.0952. The van der Waals surface area contributed by atoms with Crippen LogP contribution in [0.3, 0.4) is 0 Å². The smallest absolute Gasteiger partial charge is 0.225 e. The number of pyridine rings is 1. The molecule has 1 saturated heterocycles. The minimum Gasteiger partial charge on any atom is -0.381 e. The van der Waals surface area contributed by atoms with Gasteiger partial charge in [0.25, 0.3) is 0 Å². The van der Waals surface area contributed by atoms with E-state index in [0.717, 1.165) is 81.0 Å². The first-order valence-corrected chi connectivity index (χ1v) is 16.0. The number of aromatic nitrogens is 2. The zero-order valence-electron chi connectivity index (χ0n) is 23.8. The van der Waals surface area contributed by atoms with Gasteiger partial charge in [0.05, 0.1) is 17.5 Å². The average molecular weight is 599 g/mol. The summed E-state index contributed by atoms with van der Waals surface area (Å²) in [5.41, 5.74) is 5.30. The highest BCUT2D eigenvalue weighted by molar-refractivity contribution is 7.22. The van der Waals surface area contributed by atoms with E-state index in [2.05, 4.69) is 75.0 Å². The van der Waals surface area contributed by atoms with Crippen LogP contribution in [0.1, 0.15) is 31.4 Å². The monoisotopic (exact) mass is 598 g/mol. The van der Waals surface area contributed by atoms with Gasteiger partial charge >= 0.3 is 0 Å². The highest BCUT2D eigenvalue weighted by atomic mass is 35.5. The zero-order valence-corrected chi connectivity index (χ0v) is 25.4. The van der Waals surface area contributed by atoms with Crippen molar-refractivity contribution in [1.29, 1.82) is 0 Å². The van der Waals surface area contributed by atoms with Crippen LogP contribution in [0, 0.1) is 5.92 Å². The summed E-state index contributed by atoms with van der Waals surface area (Å²) in [6, 6.07) is 23.1. The molecule has 216 valence electrons. The number of amides is 1. The molecule has 7 rings (SSSR count). The fourth-order valence-corrected chi connectivity index (χ4v) is 7.71. The summed E-state index contributed by atoms with van der Waals surface area (Å²) in [5.74, 6) is 0.402. The topological polar surface area (TPSA) is 50.1 Å². The fourth-order valence-electron chi connectivity index (χ4n) is 6.53. The molecule has 2 aromatic carbocycles. The van der Waals surface area contributed by atoms with Crippen molar-refractivity contribution in [3.8, 4) is 21.7 Å². The molecular formula is C34H35ClN4O2S. The number of piperazine rings is 1. The van der Waals surface area contributed by atoms with Crippen LogP contribution < -0.4 is 0 Å². The van der Waals surface area contributed by atoms with Crippen LogP contribution in [0.4, 0.5) is 0 Å². The van der Waals surface area contributed by atoms with Gasteiger partial charge in [0.2, 0.25) is 5.91 Å². The lowest BCUT2D eigenvalue weighted by atomic mass is 9.86. The second-order valence-corrected chi connectivity index (χ2v) is 13.1. The van der Waals surface area contributed by atoms with Gasteiger partial charge in [0, 0.05) is 77.7 Å². The van der Waals surface area contributed by atoms with E-state index in [1.165, 1.54) is 20.5 Å². The second kappa shape index (κ2) is 11.8. The number of fused-ring (bicyclic) bond motifs is 2. The van der Waals surface area contributed by atoms with E-state index in [1.54, 1.807) is 7.11 Å². The number of ether oxygens (including phenoxy) is 1. The molecule has 2 atom stereocenters. The molecule has 6 nitrogen and oxygen atoms in total. The summed E-state index contributed by atoms with van der Waals surface area (Å²) in [4.78, 5) is 24.2. The van der Waals surface area contributed by atoms with Crippen LogP contribution in [-0.4, -0.2) is 64.5 Å². The number of carbonyl (C=O) groups is 1. The number of carbonyl (C=O) groups excluding carboxylic acids is 1. The zero-order chi connectivity index (χ0) is 28.6. The SMILES string of the molecule is CO[C@H]1CCC[C@H](C(=O)N2CCN(Cc3c(-c4ccc(Cl)cc4)nc4ccc(-c5cc6ccccc6s5)cn34)CC2)C1. The molecule has 3 aromatic heterocycles. The molecule has 0 N–H and O–H groups in total. The van der Waals surface area contributed by atoms with Crippen molar-refractivity contribution >= 4 is 44.6 Å². The third-order valence-electron chi connectivity index (χ3n) is 8.91. The van der Waals surface area contributed by atoms with Crippen LogP contribution in [0.25, 0.3) is 37.4 Å². The third kappa shape index (κ3) is 5.47. The molecule has 1 aliphatic carbocycles. The molecule has 0 radical (unpaired) electrons. The van der Waals surface area contributed by atoms with Gasteiger partial charge in [-0.2, -0.15) is 0 Å². The maximum absolute atomic E-state index is 13.3. The number of benzene rings is 2. The van der Waals surface area contributed by atoms with E-state index in [1.807, 2.05) is 23.5 Å². The molecule has 1 aliphatic heterocycles. The number of hydrogen-bond donors (Lipinski definition) is 0. The number of thiophene rings is 1. The summed E-state index contributed by atoms with van der Waals surface area (Å²) in [7, 11) is 1.76. The Hall–Kier alpha value is -3.23. The Morgan fingerprint density at radius 3 is 2.57 bits per heavy atom. The predicted molar refractivity (Wildman–Crippen MR) is 171 cm³/mol. The predicted octanol–water partition coefficient (Wildman–Crippen LogP) is 7.39. The first-order chi connectivity index (χ1) is 20.6. The lowest BCUT2D eigenvalue weighted by Gasteiger charge is -2.38. The number of hydrogen-bond acceptors (Lipinski definition) is 5. The molecule has 0 bridgehead atoms. The Morgan fingerprint density at radius 2 is 1.79 bits per heavy atom. The Morgan fingerprint density at radius 1 is 1.00 bits per heavy atom. The number of imidazole rings is 1. The highest BCUT2D eigenvalue weighted by Crippen LogP contribution is 2.35. The molecule has 0 spiro atoms. The lowest BCUT2D eigenvalue weighted by Crippen LogP contribution is -2.50. The minimum atomic E-state index is 0.0952. The highest BCUT2D eigenvalue weighted by Gasteiger charge is 2.32. The average Bonchev–Trinajstić information content (AvgIpc) is 3.63. The molecule has 2 aliphatic rings. The van der Waals surface area contributed by atoms with Gasteiger partial charge in [-0.3, -0.25) is 9.69 Å². The van der Waals surface area contributed by atoms with Crippen LogP contribution >= 0.6 is 22.9 Å². The molecule has 0 unspecified atom stereocenters. The summed E-state index contributed by atoms with van der Waals surface area (Å²) < 4.78 is 9.13. The number of nitrogens with zero attached hydrogens (tertiary/aromatic N) is 4. The van der Waals surface area contributed by atoms with Gasteiger partial charge in [-0.25, -0.2) is 4.98 Å². The Balaban J connectivity index is 1.16. The second-order valence-electron chi connectivity index (χ2n) is 11.5. The van der Waals surface area contributed by atoms with Gasteiger partial charge < -0.3 is 14.0 Å². The van der Waals surface area contributed by atoms with E-state index in [9.17, 15) is 4.79 Å². The molecule has 1 amide bonds. The Kier molecular flexibility index (Phi) is 7.76. The molecule has 42 heavy (non-hydrogen) atoms. The van der Waals surface area contributed by atoms with E-state index in [-0.39, 0.29) is 12.0 Å². The molecule has 1 saturated carbocycles. The van der Waals surface area contributed by atoms with E-state index in [0.29, 0.717) is 10.9 Å². The van der Waals surface area contributed by atoms with Crippen molar-refractivity contribution in [1.82, 2.24) is 19.2 Å². The number of methoxy groups -OCH3 is 1. The van der Waals surface area contributed by atoms with Gasteiger partial charge in [0.1, 0.15) is 5.65 Å². The van der Waals surface area contributed by atoms with Gasteiger partial charge in [0.15, 0.2) is 0 Å². The van der Waals surface area contributed by atoms with Crippen molar-refractivity contribution in [3.63, 3.8) is 0 Å². The third-order valence-corrected chi connectivity index (χ3v) is 10.3. The molecule has 2 fully saturated rings. The van der Waals surface area contributed by atoms with Crippen molar-refractivity contribution < 1.29 is 9.53 Å². The molecule has 5 aromatic rings. The Labute approximate surface area is 255 Å². The first kappa shape index (κ1) is 27.6. The maximum atomic E-state index is 13.3. The van der Waals surface area contributed by atoms with Crippen molar-refractivity contribution in [2.24, 2.45) is 5.92 Å². The van der Waals surface area contributed by atoms with Crippen LogP contribution in [0.15, 0.2) is 72.9 Å². The summed E-state index contributed by atoms with van der Waals surface area (Å²) in [5, 5.41) is 1.98. The lowest BCUT2D eigenvalue weighted by molar-refractivity contribution is -0.140. The standard InChI is InChI=1S/C34H35ClN4O2S/c1-41-28-7-4-6-25(19-28)34(40)38-17-15-37(16-18-38)22-29-33(23-9-12-27(35)13-10-23)36-32-14-11-26(21-39(29)32)31-20-24-5-2-3-8-30(24)42-31/h2-3,5,8-14,20-21,25,28H,4,6-7,15-19,22H2,1H3/t25-,28-/m0/s1. The summed E-state index contributed by atoms with van der Waals surface area (Å²) in [6.07, 6.45) is 6.41. The van der Waals surface area contributed by atoms with Gasteiger partial charge in [-0.15, -0.1) is 11.3 Å². The van der Waals surface area contributed by atoms with Crippen molar-refractivity contribution in [2.75, 3.05) is 33.3 Å². The summed E-state index contributed by atoms with van der Waals surface area (Å²) >= 11 is 8.05.